The van der Waals surface area contributed by atoms with Gasteiger partial charge in [-0.25, -0.2) is 4.98 Å². The molecule has 96 valence electrons. The number of rotatable bonds is 5. The molecule has 0 bridgehead atoms. The molecule has 0 saturated carbocycles. The third-order valence-electron chi connectivity index (χ3n) is 2.89. The van der Waals surface area contributed by atoms with E-state index in [-0.39, 0.29) is 0 Å². The van der Waals surface area contributed by atoms with Crippen LogP contribution in [0.1, 0.15) is 24.4 Å². The van der Waals surface area contributed by atoms with E-state index >= 15 is 0 Å². The molecule has 2 rings (SSSR count). The summed E-state index contributed by atoms with van der Waals surface area (Å²) in [4.78, 5) is 6.75. The second kappa shape index (κ2) is 5.98. The van der Waals surface area contributed by atoms with Crippen LogP contribution in [0.5, 0.6) is 0 Å². The Morgan fingerprint density at radius 2 is 2.17 bits per heavy atom. The van der Waals surface area contributed by atoms with E-state index in [1.165, 1.54) is 5.56 Å². The van der Waals surface area contributed by atoms with Crippen molar-refractivity contribution in [3.05, 3.63) is 46.4 Å². The Kier molecular flexibility index (Phi) is 4.33. The Morgan fingerprint density at radius 3 is 2.78 bits per heavy atom. The van der Waals surface area contributed by atoms with Gasteiger partial charge in [0.2, 0.25) is 0 Å². The van der Waals surface area contributed by atoms with E-state index in [9.17, 15) is 0 Å². The highest BCUT2D eigenvalue weighted by Gasteiger charge is 2.12. The molecule has 4 heteroatoms. The highest BCUT2D eigenvalue weighted by Crippen LogP contribution is 2.16. The lowest BCUT2D eigenvalue weighted by Gasteiger charge is -2.25. The number of thiazole rings is 1. The first-order valence-corrected chi connectivity index (χ1v) is 7.00. The molecule has 0 aliphatic rings. The van der Waals surface area contributed by atoms with Crippen LogP contribution in [-0.2, 0) is 13.1 Å². The van der Waals surface area contributed by atoms with Gasteiger partial charge in [-0.2, -0.15) is 0 Å². The summed E-state index contributed by atoms with van der Waals surface area (Å²) < 4.78 is 0. The van der Waals surface area contributed by atoms with E-state index in [2.05, 4.69) is 29.8 Å². The highest BCUT2D eigenvalue weighted by molar-refractivity contribution is 7.09. The van der Waals surface area contributed by atoms with Crippen molar-refractivity contribution in [2.75, 3.05) is 5.73 Å². The molecule has 2 aromatic rings. The molecule has 0 saturated heterocycles. The molecule has 3 nitrogen and oxygen atoms in total. The van der Waals surface area contributed by atoms with Crippen molar-refractivity contribution in [2.24, 2.45) is 0 Å². The molecule has 0 aliphatic carbocycles. The topological polar surface area (TPSA) is 42.1 Å². The molecule has 1 aromatic heterocycles. The van der Waals surface area contributed by atoms with Crippen LogP contribution < -0.4 is 5.73 Å². The molecule has 0 spiro atoms. The van der Waals surface area contributed by atoms with Gasteiger partial charge in [0.25, 0.3) is 0 Å². The summed E-state index contributed by atoms with van der Waals surface area (Å²) in [6.07, 6.45) is 1.86. The van der Waals surface area contributed by atoms with Crippen molar-refractivity contribution in [3.8, 4) is 0 Å². The Labute approximate surface area is 112 Å². The van der Waals surface area contributed by atoms with Crippen LogP contribution in [0, 0.1) is 0 Å². The SMILES string of the molecule is CC(C)N(Cc1cccc(N)c1)Cc1nccs1. The fraction of sp³-hybridized carbons (Fsp3) is 0.357. The van der Waals surface area contributed by atoms with Gasteiger partial charge in [0.05, 0.1) is 6.54 Å². The molecule has 18 heavy (non-hydrogen) atoms. The smallest absolute Gasteiger partial charge is 0.107 e. The highest BCUT2D eigenvalue weighted by atomic mass is 32.1. The molecule has 0 amide bonds. The molecule has 1 heterocycles. The van der Waals surface area contributed by atoms with Crippen molar-refractivity contribution in [1.29, 1.82) is 0 Å². The van der Waals surface area contributed by atoms with Gasteiger partial charge in [-0.05, 0) is 31.5 Å². The van der Waals surface area contributed by atoms with Crippen LogP contribution in [-0.4, -0.2) is 15.9 Å². The summed E-state index contributed by atoms with van der Waals surface area (Å²) >= 11 is 1.70. The molecule has 0 aliphatic heterocycles. The molecule has 0 atom stereocenters. The number of aromatic nitrogens is 1. The summed E-state index contributed by atoms with van der Waals surface area (Å²) in [5, 5.41) is 3.18. The van der Waals surface area contributed by atoms with Gasteiger partial charge in [-0.3, -0.25) is 4.90 Å². The van der Waals surface area contributed by atoms with Gasteiger partial charge in [-0.1, -0.05) is 12.1 Å². The Bertz CT molecular complexity index is 480. The number of nitrogens with zero attached hydrogens (tertiary/aromatic N) is 2. The van der Waals surface area contributed by atoms with Crippen molar-refractivity contribution in [1.82, 2.24) is 9.88 Å². The lowest BCUT2D eigenvalue weighted by atomic mass is 10.1. The molecule has 0 unspecified atom stereocenters. The lowest BCUT2D eigenvalue weighted by Crippen LogP contribution is -2.29. The zero-order valence-corrected chi connectivity index (χ0v) is 11.7. The minimum Gasteiger partial charge on any atom is -0.399 e. The van der Waals surface area contributed by atoms with E-state index in [0.29, 0.717) is 6.04 Å². The van der Waals surface area contributed by atoms with E-state index in [4.69, 9.17) is 5.73 Å². The molecule has 0 radical (unpaired) electrons. The maximum Gasteiger partial charge on any atom is 0.107 e. The van der Waals surface area contributed by atoms with Crippen molar-refractivity contribution >= 4 is 17.0 Å². The molecular weight excluding hydrogens is 242 g/mol. The second-order valence-electron chi connectivity index (χ2n) is 4.67. The number of anilines is 1. The monoisotopic (exact) mass is 261 g/mol. The van der Waals surface area contributed by atoms with Crippen molar-refractivity contribution in [2.45, 2.75) is 33.0 Å². The van der Waals surface area contributed by atoms with Gasteiger partial charge in [0.15, 0.2) is 0 Å². The summed E-state index contributed by atoms with van der Waals surface area (Å²) in [6.45, 7) is 6.21. The number of hydrogen-bond acceptors (Lipinski definition) is 4. The third-order valence-corrected chi connectivity index (χ3v) is 3.65. The maximum absolute atomic E-state index is 5.82. The van der Waals surface area contributed by atoms with Gasteiger partial charge in [0.1, 0.15) is 5.01 Å². The summed E-state index contributed by atoms with van der Waals surface area (Å²) in [5.74, 6) is 0. The number of hydrogen-bond donors (Lipinski definition) is 1. The van der Waals surface area contributed by atoms with Crippen molar-refractivity contribution in [3.63, 3.8) is 0 Å². The van der Waals surface area contributed by atoms with Gasteiger partial charge < -0.3 is 5.73 Å². The van der Waals surface area contributed by atoms with E-state index in [1.807, 2.05) is 29.8 Å². The first-order chi connectivity index (χ1) is 8.65. The third kappa shape index (κ3) is 3.55. The second-order valence-corrected chi connectivity index (χ2v) is 5.65. The van der Waals surface area contributed by atoms with E-state index in [1.54, 1.807) is 11.3 Å². The first kappa shape index (κ1) is 13.1. The Morgan fingerprint density at radius 1 is 1.33 bits per heavy atom. The van der Waals surface area contributed by atoms with E-state index < -0.39 is 0 Å². The van der Waals surface area contributed by atoms with Gasteiger partial charge in [-0.15, -0.1) is 11.3 Å². The largest absolute Gasteiger partial charge is 0.399 e. The van der Waals surface area contributed by atoms with Crippen LogP contribution in [0.15, 0.2) is 35.8 Å². The van der Waals surface area contributed by atoms with E-state index in [0.717, 1.165) is 23.8 Å². The number of nitrogen functional groups attached to an aromatic ring is 1. The minimum atomic E-state index is 0.482. The molecular formula is C14H19N3S. The predicted octanol–water partition coefficient (Wildman–Crippen LogP) is 3.14. The zero-order valence-electron chi connectivity index (χ0n) is 10.8. The van der Waals surface area contributed by atoms with Gasteiger partial charge in [0, 0.05) is 29.9 Å². The average molecular weight is 261 g/mol. The van der Waals surface area contributed by atoms with Crippen molar-refractivity contribution < 1.29 is 0 Å². The fourth-order valence-electron chi connectivity index (χ4n) is 1.85. The van der Waals surface area contributed by atoms with Crippen LogP contribution in [0.25, 0.3) is 0 Å². The summed E-state index contributed by atoms with van der Waals surface area (Å²) in [7, 11) is 0. The van der Waals surface area contributed by atoms with Gasteiger partial charge >= 0.3 is 0 Å². The molecule has 2 N–H and O–H groups in total. The van der Waals surface area contributed by atoms with Crippen LogP contribution in [0.3, 0.4) is 0 Å². The number of nitrogens with two attached hydrogens (primary N) is 1. The first-order valence-electron chi connectivity index (χ1n) is 6.12. The van der Waals surface area contributed by atoms with Crippen LogP contribution >= 0.6 is 11.3 Å². The quantitative estimate of drug-likeness (QED) is 0.841. The molecule has 0 fully saturated rings. The Hall–Kier alpha value is -1.39. The minimum absolute atomic E-state index is 0.482. The zero-order chi connectivity index (χ0) is 13.0. The average Bonchev–Trinajstić information content (AvgIpc) is 2.81. The Balaban J connectivity index is 2.07. The normalized spacial score (nSPS) is 11.3. The fourth-order valence-corrected chi connectivity index (χ4v) is 2.49. The van der Waals surface area contributed by atoms with Crippen LogP contribution in [0.2, 0.25) is 0 Å². The van der Waals surface area contributed by atoms with Crippen LogP contribution in [0.4, 0.5) is 5.69 Å². The standard InChI is InChI=1S/C14H19N3S/c1-11(2)17(10-14-16-6-7-18-14)9-12-4-3-5-13(15)8-12/h3-8,11H,9-10,15H2,1-2H3. The maximum atomic E-state index is 5.82. The summed E-state index contributed by atoms with van der Waals surface area (Å²) in [5.41, 5.74) is 7.89. The number of benzene rings is 1. The molecule has 1 aromatic carbocycles. The predicted molar refractivity (Wildman–Crippen MR) is 77.4 cm³/mol. The lowest BCUT2D eigenvalue weighted by molar-refractivity contribution is 0.203. The summed E-state index contributed by atoms with van der Waals surface area (Å²) in [6, 6.07) is 8.57.